The van der Waals surface area contributed by atoms with E-state index in [0.717, 1.165) is 44.6 Å². The number of thioether (sulfide) groups is 1. The van der Waals surface area contributed by atoms with Crippen molar-refractivity contribution >= 4 is 62.0 Å². The number of carbonyl (C=O) groups is 2. The van der Waals surface area contributed by atoms with Crippen molar-refractivity contribution in [2.45, 2.75) is 25.7 Å². The SMILES string of the molecule is O=C(Cc1ccccc1)Nc1nnc(CCSCCc2nnc(NC(=O)Cc3ccccc3)[se]2)[se]1. The Morgan fingerprint density at radius 1 is 0.657 bits per heavy atom. The van der Waals surface area contributed by atoms with E-state index in [0.29, 0.717) is 22.2 Å². The molecule has 0 aliphatic carbocycles. The number of aryl methyl sites for hydroxylation is 2. The van der Waals surface area contributed by atoms with Crippen molar-refractivity contribution in [1.29, 1.82) is 0 Å². The van der Waals surface area contributed by atoms with Crippen LogP contribution in [-0.4, -0.2) is 72.7 Å². The second-order valence-corrected chi connectivity index (χ2v) is 13.2. The topological polar surface area (TPSA) is 110 Å². The molecule has 0 aliphatic rings. The molecule has 11 heteroatoms. The molecule has 0 atom stereocenters. The van der Waals surface area contributed by atoms with Gasteiger partial charge < -0.3 is 0 Å². The zero-order valence-corrected chi connectivity index (χ0v) is 23.1. The normalized spacial score (nSPS) is 10.7. The molecule has 0 spiro atoms. The standard InChI is InChI=1S/C24H24N6O2SSe2/c31-19(15-17-7-3-1-4-8-17)25-23-29-27-21(34-23)11-13-33-14-12-22-28-30-24(35-22)26-20(32)16-18-9-5-2-6-10-18/h1-10H,11-16H2,(H,25,29,31)(H,26,30,32). The number of hydrogen-bond donors (Lipinski definition) is 2. The average molecular weight is 618 g/mol. The predicted octanol–water partition coefficient (Wildman–Crippen LogP) is 2.26. The number of nitrogens with one attached hydrogen (secondary N) is 2. The van der Waals surface area contributed by atoms with Crippen molar-refractivity contribution in [3.8, 4) is 0 Å². The zero-order chi connectivity index (χ0) is 24.3. The molecule has 180 valence electrons. The molecule has 4 rings (SSSR count). The summed E-state index contributed by atoms with van der Waals surface area (Å²) in [6, 6.07) is 19.3. The second kappa shape index (κ2) is 13.5. The van der Waals surface area contributed by atoms with E-state index >= 15 is 0 Å². The quantitative estimate of drug-likeness (QED) is 0.185. The van der Waals surface area contributed by atoms with E-state index in [1.165, 1.54) is 0 Å². The van der Waals surface area contributed by atoms with Gasteiger partial charge in [-0.25, -0.2) is 0 Å². The molecule has 2 amide bonds. The van der Waals surface area contributed by atoms with Crippen LogP contribution in [0.1, 0.15) is 20.3 Å². The van der Waals surface area contributed by atoms with Crippen LogP contribution in [0.2, 0.25) is 0 Å². The molecule has 2 aromatic carbocycles. The molecule has 2 heterocycles. The number of aromatic nitrogens is 4. The summed E-state index contributed by atoms with van der Waals surface area (Å²) in [5.41, 5.74) is 1.96. The molecule has 2 N–H and O–H groups in total. The molecular formula is C24H24N6O2SSe2. The second-order valence-electron chi connectivity index (χ2n) is 7.54. The van der Waals surface area contributed by atoms with Crippen LogP contribution in [0.4, 0.5) is 9.38 Å². The van der Waals surface area contributed by atoms with Gasteiger partial charge in [0.1, 0.15) is 0 Å². The van der Waals surface area contributed by atoms with Gasteiger partial charge in [0.15, 0.2) is 0 Å². The summed E-state index contributed by atoms with van der Waals surface area (Å²) in [7, 11) is 0. The van der Waals surface area contributed by atoms with Crippen LogP contribution in [0.3, 0.4) is 0 Å². The summed E-state index contributed by atoms with van der Waals surface area (Å²) in [5, 5.41) is 22.6. The maximum atomic E-state index is 12.2. The van der Waals surface area contributed by atoms with Crippen molar-refractivity contribution in [3.63, 3.8) is 0 Å². The van der Waals surface area contributed by atoms with Gasteiger partial charge in [-0.15, -0.1) is 0 Å². The van der Waals surface area contributed by atoms with E-state index in [9.17, 15) is 9.59 Å². The van der Waals surface area contributed by atoms with Gasteiger partial charge in [-0.05, 0) is 0 Å². The molecule has 0 fully saturated rings. The first-order chi connectivity index (χ1) is 17.1. The Balaban J connectivity index is 1.11. The van der Waals surface area contributed by atoms with Crippen LogP contribution in [0.15, 0.2) is 60.7 Å². The maximum absolute atomic E-state index is 12.2. The molecule has 0 unspecified atom stereocenters. The predicted molar refractivity (Wildman–Crippen MR) is 140 cm³/mol. The van der Waals surface area contributed by atoms with Crippen LogP contribution in [-0.2, 0) is 35.3 Å². The average Bonchev–Trinajstić information content (AvgIpc) is 3.49. The fourth-order valence-electron chi connectivity index (χ4n) is 3.12. The third kappa shape index (κ3) is 8.87. The van der Waals surface area contributed by atoms with Gasteiger partial charge >= 0.3 is 221 Å². The Labute approximate surface area is 219 Å². The monoisotopic (exact) mass is 620 g/mol. The first kappa shape index (κ1) is 25.5. The molecule has 0 bridgehead atoms. The van der Waals surface area contributed by atoms with E-state index in [-0.39, 0.29) is 40.8 Å². The Hall–Kier alpha value is -2.55. The molecule has 0 radical (unpaired) electrons. The van der Waals surface area contributed by atoms with Crippen LogP contribution in [0.25, 0.3) is 0 Å². The van der Waals surface area contributed by atoms with Crippen molar-refractivity contribution in [1.82, 2.24) is 20.4 Å². The molecule has 4 aromatic rings. The Kier molecular flexibility index (Phi) is 9.86. The van der Waals surface area contributed by atoms with Crippen LogP contribution >= 0.6 is 11.8 Å². The number of amides is 2. The Morgan fingerprint density at radius 2 is 1.09 bits per heavy atom. The van der Waals surface area contributed by atoms with Crippen LogP contribution < -0.4 is 10.6 Å². The van der Waals surface area contributed by atoms with Crippen molar-refractivity contribution in [2.24, 2.45) is 0 Å². The fourth-order valence-corrected chi connectivity index (χ4v) is 7.75. The Bertz CT molecular complexity index is 1140. The third-order valence-corrected chi connectivity index (χ3v) is 9.52. The number of benzene rings is 2. The number of anilines is 2. The summed E-state index contributed by atoms with van der Waals surface area (Å²) < 4.78 is 3.46. The first-order valence-electron chi connectivity index (χ1n) is 11.0. The van der Waals surface area contributed by atoms with Gasteiger partial charge in [-0.2, -0.15) is 0 Å². The van der Waals surface area contributed by atoms with Crippen molar-refractivity contribution in [3.05, 3.63) is 80.9 Å². The Morgan fingerprint density at radius 3 is 1.51 bits per heavy atom. The van der Waals surface area contributed by atoms with Crippen LogP contribution in [0, 0.1) is 0 Å². The van der Waals surface area contributed by atoms with Gasteiger partial charge in [-0.1, -0.05) is 0 Å². The minimum atomic E-state index is -0.0558. The number of nitrogens with zero attached hydrogens (tertiary/aromatic N) is 4. The molecule has 0 aliphatic heterocycles. The van der Waals surface area contributed by atoms with E-state index < -0.39 is 0 Å². The van der Waals surface area contributed by atoms with Gasteiger partial charge in [-0.3, -0.25) is 0 Å². The van der Waals surface area contributed by atoms with Crippen molar-refractivity contribution < 1.29 is 9.59 Å². The summed E-state index contributed by atoms with van der Waals surface area (Å²) in [5.74, 6) is 1.78. The van der Waals surface area contributed by atoms with E-state index in [1.54, 1.807) is 0 Å². The summed E-state index contributed by atoms with van der Waals surface area (Å²) >= 11 is 1.80. The third-order valence-electron chi connectivity index (χ3n) is 4.76. The summed E-state index contributed by atoms with van der Waals surface area (Å²) in [6.45, 7) is 0. The van der Waals surface area contributed by atoms with Crippen LogP contribution in [0.5, 0.6) is 0 Å². The molecular weight excluding hydrogens is 594 g/mol. The van der Waals surface area contributed by atoms with Gasteiger partial charge in [0, 0.05) is 0 Å². The fraction of sp³-hybridized carbons (Fsp3) is 0.250. The van der Waals surface area contributed by atoms with E-state index in [2.05, 4.69) is 31.0 Å². The van der Waals surface area contributed by atoms with Gasteiger partial charge in [0.05, 0.1) is 0 Å². The zero-order valence-electron chi connectivity index (χ0n) is 18.8. The van der Waals surface area contributed by atoms with Crippen molar-refractivity contribution in [2.75, 3.05) is 22.1 Å². The number of carbonyl (C=O) groups excluding carboxylic acids is 2. The van der Waals surface area contributed by atoms with Gasteiger partial charge in [0.2, 0.25) is 0 Å². The summed E-state index contributed by atoms with van der Waals surface area (Å²) in [6.07, 6.45) is 2.41. The molecule has 0 saturated carbocycles. The molecule has 35 heavy (non-hydrogen) atoms. The molecule has 2 aromatic heterocycles. The van der Waals surface area contributed by atoms with Gasteiger partial charge in [0.25, 0.3) is 0 Å². The van der Waals surface area contributed by atoms with E-state index in [4.69, 9.17) is 0 Å². The molecule has 0 saturated heterocycles. The summed E-state index contributed by atoms with van der Waals surface area (Å²) in [4.78, 5) is 24.4. The first-order valence-corrected chi connectivity index (χ1v) is 15.6. The number of hydrogen-bond acceptors (Lipinski definition) is 7. The minimum absolute atomic E-state index is 0.0216. The number of rotatable bonds is 12. The molecule has 8 nitrogen and oxygen atoms in total. The van der Waals surface area contributed by atoms with E-state index in [1.807, 2.05) is 72.4 Å².